The molecule has 5 nitrogen and oxygen atoms in total. The maximum atomic E-state index is 12.2. The zero-order valence-electron chi connectivity index (χ0n) is 10.6. The van der Waals surface area contributed by atoms with Crippen LogP contribution in [0.1, 0.15) is 39.5 Å². The van der Waals surface area contributed by atoms with Gasteiger partial charge in [-0.25, -0.2) is 0 Å². The highest BCUT2D eigenvalue weighted by atomic mass is 32.2. The second kappa shape index (κ2) is 5.22. The molecule has 2 N–H and O–H groups in total. The van der Waals surface area contributed by atoms with E-state index >= 15 is 0 Å². The van der Waals surface area contributed by atoms with Crippen LogP contribution in [-0.2, 0) is 10.2 Å². The molecule has 17 heavy (non-hydrogen) atoms. The van der Waals surface area contributed by atoms with Crippen molar-refractivity contribution < 1.29 is 8.42 Å². The lowest BCUT2D eigenvalue weighted by molar-refractivity contribution is 0.316. The minimum absolute atomic E-state index is 0.0437. The van der Waals surface area contributed by atoms with Crippen LogP contribution < -0.4 is 10.0 Å². The summed E-state index contributed by atoms with van der Waals surface area (Å²) in [7, 11) is -3.30. The highest BCUT2D eigenvalue weighted by molar-refractivity contribution is 7.87. The Labute approximate surface area is 104 Å². The molecule has 2 saturated heterocycles. The van der Waals surface area contributed by atoms with Crippen LogP contribution in [0.5, 0.6) is 0 Å². The van der Waals surface area contributed by atoms with Crippen molar-refractivity contribution >= 4 is 10.2 Å². The Morgan fingerprint density at radius 2 is 2.06 bits per heavy atom. The van der Waals surface area contributed by atoms with E-state index in [0.717, 1.165) is 32.2 Å². The Kier molecular flexibility index (Phi) is 4.07. The maximum absolute atomic E-state index is 12.2. The zero-order chi connectivity index (χ0) is 12.5. The molecule has 2 aliphatic rings. The SMILES string of the molecule is CC(C)NS(=O)(=O)N1CCCC1C1CCCN1. The predicted molar refractivity (Wildman–Crippen MR) is 67.9 cm³/mol. The van der Waals surface area contributed by atoms with Crippen LogP contribution in [0, 0.1) is 0 Å². The molecule has 0 radical (unpaired) electrons. The third-order valence-electron chi connectivity index (χ3n) is 3.50. The van der Waals surface area contributed by atoms with Crippen molar-refractivity contribution in [2.24, 2.45) is 0 Å². The summed E-state index contributed by atoms with van der Waals surface area (Å²) in [5.41, 5.74) is 0. The van der Waals surface area contributed by atoms with Crippen LogP contribution in [0.2, 0.25) is 0 Å². The van der Waals surface area contributed by atoms with E-state index in [9.17, 15) is 8.42 Å². The Hall–Kier alpha value is -0.170. The fourth-order valence-corrected chi connectivity index (χ4v) is 4.58. The molecule has 2 unspecified atom stereocenters. The van der Waals surface area contributed by atoms with Gasteiger partial charge in [0.05, 0.1) is 0 Å². The number of hydrogen-bond donors (Lipinski definition) is 2. The van der Waals surface area contributed by atoms with Crippen molar-refractivity contribution in [2.75, 3.05) is 13.1 Å². The smallest absolute Gasteiger partial charge is 0.279 e. The summed E-state index contributed by atoms with van der Waals surface area (Å²) in [4.78, 5) is 0. The van der Waals surface area contributed by atoms with Gasteiger partial charge in [0.25, 0.3) is 10.2 Å². The predicted octanol–water partition coefficient (Wildman–Crippen LogP) is 0.446. The van der Waals surface area contributed by atoms with Gasteiger partial charge in [-0.1, -0.05) is 0 Å². The summed E-state index contributed by atoms with van der Waals surface area (Å²) < 4.78 is 28.7. The summed E-state index contributed by atoms with van der Waals surface area (Å²) >= 11 is 0. The van der Waals surface area contributed by atoms with E-state index < -0.39 is 10.2 Å². The summed E-state index contributed by atoms with van der Waals surface area (Å²) in [5, 5.41) is 3.42. The van der Waals surface area contributed by atoms with Gasteiger partial charge in [-0.05, 0) is 46.1 Å². The first-order valence-electron chi connectivity index (χ1n) is 6.53. The molecule has 2 rings (SSSR count). The second-order valence-corrected chi connectivity index (χ2v) is 6.96. The molecule has 6 heteroatoms. The van der Waals surface area contributed by atoms with Crippen molar-refractivity contribution in [2.45, 2.75) is 57.7 Å². The normalized spacial score (nSPS) is 31.5. The van der Waals surface area contributed by atoms with E-state index in [1.165, 1.54) is 0 Å². The number of rotatable bonds is 4. The highest BCUT2D eigenvalue weighted by Crippen LogP contribution is 2.26. The van der Waals surface area contributed by atoms with E-state index in [-0.39, 0.29) is 12.1 Å². The van der Waals surface area contributed by atoms with Crippen LogP contribution in [0.3, 0.4) is 0 Å². The average molecular weight is 261 g/mol. The van der Waals surface area contributed by atoms with Crippen molar-refractivity contribution in [3.05, 3.63) is 0 Å². The number of nitrogens with one attached hydrogen (secondary N) is 2. The first-order chi connectivity index (χ1) is 8.00. The van der Waals surface area contributed by atoms with Gasteiger partial charge in [-0.3, -0.25) is 0 Å². The molecule has 2 aliphatic heterocycles. The van der Waals surface area contributed by atoms with Crippen LogP contribution in [0.15, 0.2) is 0 Å². The third kappa shape index (κ3) is 2.99. The summed E-state index contributed by atoms with van der Waals surface area (Å²) in [5.74, 6) is 0. The van der Waals surface area contributed by atoms with Crippen molar-refractivity contribution in [1.82, 2.24) is 14.3 Å². The Morgan fingerprint density at radius 3 is 2.65 bits per heavy atom. The summed E-state index contributed by atoms with van der Waals surface area (Å²) in [6.45, 7) is 5.39. The molecule has 0 aromatic heterocycles. The van der Waals surface area contributed by atoms with Gasteiger partial charge in [0.15, 0.2) is 0 Å². The molecular formula is C11H23N3O2S. The van der Waals surface area contributed by atoms with Gasteiger partial charge >= 0.3 is 0 Å². The molecule has 0 aromatic rings. The largest absolute Gasteiger partial charge is 0.312 e. The third-order valence-corrected chi connectivity index (χ3v) is 5.34. The van der Waals surface area contributed by atoms with Gasteiger partial charge < -0.3 is 5.32 Å². The molecule has 0 amide bonds. The lowest BCUT2D eigenvalue weighted by atomic mass is 10.1. The first kappa shape index (κ1) is 13.3. The van der Waals surface area contributed by atoms with Gasteiger partial charge in [0.2, 0.25) is 0 Å². The quantitative estimate of drug-likeness (QED) is 0.772. The molecule has 0 aliphatic carbocycles. The molecule has 0 spiro atoms. The molecule has 2 heterocycles. The minimum Gasteiger partial charge on any atom is -0.312 e. The first-order valence-corrected chi connectivity index (χ1v) is 7.97. The van der Waals surface area contributed by atoms with E-state index in [1.54, 1.807) is 4.31 Å². The standard InChI is InChI=1S/C11H23N3O2S/c1-9(2)13-17(15,16)14-8-4-6-11(14)10-5-3-7-12-10/h9-13H,3-8H2,1-2H3. The zero-order valence-corrected chi connectivity index (χ0v) is 11.5. The van der Waals surface area contributed by atoms with E-state index in [2.05, 4.69) is 10.0 Å². The molecule has 2 fully saturated rings. The molecule has 0 saturated carbocycles. The van der Waals surface area contributed by atoms with Crippen molar-refractivity contribution in [3.8, 4) is 0 Å². The Balaban J connectivity index is 2.08. The highest BCUT2D eigenvalue weighted by Gasteiger charge is 2.39. The summed E-state index contributed by atoms with van der Waals surface area (Å²) in [6, 6.07) is 0.452. The molecule has 2 atom stereocenters. The molecular weight excluding hydrogens is 238 g/mol. The van der Waals surface area contributed by atoms with E-state index in [0.29, 0.717) is 12.6 Å². The van der Waals surface area contributed by atoms with Crippen LogP contribution in [0.25, 0.3) is 0 Å². The monoisotopic (exact) mass is 261 g/mol. The van der Waals surface area contributed by atoms with Crippen LogP contribution in [-0.4, -0.2) is 43.9 Å². The number of hydrogen-bond acceptors (Lipinski definition) is 3. The second-order valence-electron chi connectivity index (χ2n) is 5.30. The van der Waals surface area contributed by atoms with Crippen LogP contribution in [0.4, 0.5) is 0 Å². The van der Waals surface area contributed by atoms with Gasteiger partial charge in [-0.2, -0.15) is 17.4 Å². The summed E-state index contributed by atoms with van der Waals surface area (Å²) in [6.07, 6.45) is 4.21. The Morgan fingerprint density at radius 1 is 1.29 bits per heavy atom. The van der Waals surface area contributed by atoms with Gasteiger partial charge in [0.1, 0.15) is 0 Å². The Bertz CT molecular complexity index is 350. The van der Waals surface area contributed by atoms with Crippen LogP contribution >= 0.6 is 0 Å². The molecule has 0 aromatic carbocycles. The van der Waals surface area contributed by atoms with Gasteiger partial charge in [-0.15, -0.1) is 0 Å². The van der Waals surface area contributed by atoms with Gasteiger partial charge in [0, 0.05) is 24.7 Å². The average Bonchev–Trinajstić information content (AvgIpc) is 2.86. The molecule has 100 valence electrons. The lowest BCUT2D eigenvalue weighted by Crippen LogP contribution is -2.51. The molecule has 0 bridgehead atoms. The van der Waals surface area contributed by atoms with E-state index in [1.807, 2.05) is 13.8 Å². The van der Waals surface area contributed by atoms with E-state index in [4.69, 9.17) is 0 Å². The topological polar surface area (TPSA) is 61.4 Å². The van der Waals surface area contributed by atoms with Crippen molar-refractivity contribution in [3.63, 3.8) is 0 Å². The fraction of sp³-hybridized carbons (Fsp3) is 1.00. The maximum Gasteiger partial charge on any atom is 0.279 e. The minimum atomic E-state index is -3.30. The fourth-order valence-electron chi connectivity index (χ4n) is 2.87. The van der Waals surface area contributed by atoms with Crippen molar-refractivity contribution in [1.29, 1.82) is 0 Å². The number of nitrogens with zero attached hydrogens (tertiary/aromatic N) is 1. The lowest BCUT2D eigenvalue weighted by Gasteiger charge is -2.29.